The highest BCUT2D eigenvalue weighted by atomic mass is 79.9. The van der Waals surface area contributed by atoms with E-state index >= 15 is 0 Å². The molecule has 0 aliphatic carbocycles. The van der Waals surface area contributed by atoms with Crippen LogP contribution in [0, 0.1) is 5.92 Å². The van der Waals surface area contributed by atoms with Gasteiger partial charge in [0.05, 0.1) is 0 Å². The van der Waals surface area contributed by atoms with Crippen molar-refractivity contribution >= 4 is 15.9 Å². The SMILES string of the molecule is C=C(Br)CN1CCC(NCCC)C(C)C1. The monoisotopic (exact) mass is 274 g/mol. The predicted molar refractivity (Wildman–Crippen MR) is 70.4 cm³/mol. The topological polar surface area (TPSA) is 15.3 Å². The van der Waals surface area contributed by atoms with Gasteiger partial charge >= 0.3 is 0 Å². The van der Waals surface area contributed by atoms with Crippen LogP contribution < -0.4 is 5.32 Å². The minimum atomic E-state index is 0.713. The Labute approximate surface area is 102 Å². The molecule has 0 spiro atoms. The lowest BCUT2D eigenvalue weighted by Gasteiger charge is -2.37. The molecule has 15 heavy (non-hydrogen) atoms. The molecule has 88 valence electrons. The summed E-state index contributed by atoms with van der Waals surface area (Å²) in [6.07, 6.45) is 2.49. The van der Waals surface area contributed by atoms with Crippen molar-refractivity contribution < 1.29 is 0 Å². The smallest absolute Gasteiger partial charge is 0.0294 e. The molecule has 0 aromatic carbocycles. The molecule has 0 radical (unpaired) electrons. The van der Waals surface area contributed by atoms with Gasteiger partial charge < -0.3 is 5.32 Å². The summed E-state index contributed by atoms with van der Waals surface area (Å²) in [5.74, 6) is 0.747. The molecule has 3 heteroatoms. The van der Waals surface area contributed by atoms with Crippen LogP contribution in [0.5, 0.6) is 0 Å². The molecule has 1 rings (SSSR count). The van der Waals surface area contributed by atoms with Crippen LogP contribution in [0.3, 0.4) is 0 Å². The molecule has 0 aromatic rings. The van der Waals surface area contributed by atoms with E-state index in [4.69, 9.17) is 0 Å². The van der Waals surface area contributed by atoms with Crippen molar-refractivity contribution in [1.29, 1.82) is 0 Å². The Morgan fingerprint density at radius 3 is 2.87 bits per heavy atom. The minimum absolute atomic E-state index is 0.713. The molecule has 0 saturated carbocycles. The average Bonchev–Trinajstić information content (AvgIpc) is 2.15. The number of hydrogen-bond acceptors (Lipinski definition) is 2. The Kier molecular flexibility index (Phi) is 5.87. The van der Waals surface area contributed by atoms with Gasteiger partial charge in [-0.3, -0.25) is 4.90 Å². The molecule has 0 amide bonds. The van der Waals surface area contributed by atoms with Crippen molar-refractivity contribution in [2.75, 3.05) is 26.2 Å². The summed E-state index contributed by atoms with van der Waals surface area (Å²) in [6, 6.07) is 0.713. The molecule has 2 unspecified atom stereocenters. The fourth-order valence-electron chi connectivity index (χ4n) is 2.25. The Morgan fingerprint density at radius 1 is 1.60 bits per heavy atom. The van der Waals surface area contributed by atoms with Crippen molar-refractivity contribution in [3.63, 3.8) is 0 Å². The molecule has 1 N–H and O–H groups in total. The van der Waals surface area contributed by atoms with Crippen molar-refractivity contribution in [1.82, 2.24) is 10.2 Å². The predicted octanol–water partition coefficient (Wildman–Crippen LogP) is 2.61. The third kappa shape index (κ3) is 4.66. The normalized spacial score (nSPS) is 27.9. The maximum atomic E-state index is 3.90. The van der Waals surface area contributed by atoms with E-state index in [1.165, 1.54) is 25.9 Å². The maximum Gasteiger partial charge on any atom is 0.0294 e. The molecule has 1 fully saturated rings. The number of nitrogens with zero attached hydrogens (tertiary/aromatic N) is 1. The number of nitrogens with one attached hydrogen (secondary N) is 1. The number of hydrogen-bond donors (Lipinski definition) is 1. The van der Waals surface area contributed by atoms with Crippen molar-refractivity contribution in [3.05, 3.63) is 11.1 Å². The zero-order valence-electron chi connectivity index (χ0n) is 9.93. The molecule has 1 heterocycles. The summed E-state index contributed by atoms with van der Waals surface area (Å²) in [5, 5.41) is 3.63. The Hall–Kier alpha value is 0.140. The molecule has 2 atom stereocenters. The summed E-state index contributed by atoms with van der Waals surface area (Å²) in [6.45, 7) is 13.0. The zero-order valence-corrected chi connectivity index (χ0v) is 11.5. The summed E-state index contributed by atoms with van der Waals surface area (Å²) in [5.41, 5.74) is 0. The van der Waals surface area contributed by atoms with Crippen LogP contribution in [0.2, 0.25) is 0 Å². The highest BCUT2D eigenvalue weighted by Crippen LogP contribution is 2.18. The van der Waals surface area contributed by atoms with E-state index in [0.717, 1.165) is 23.5 Å². The van der Waals surface area contributed by atoms with Crippen LogP contribution in [0.4, 0.5) is 0 Å². The Morgan fingerprint density at radius 2 is 2.33 bits per heavy atom. The molecule has 2 nitrogen and oxygen atoms in total. The summed E-state index contributed by atoms with van der Waals surface area (Å²) >= 11 is 3.44. The van der Waals surface area contributed by atoms with Crippen LogP contribution >= 0.6 is 15.9 Å². The number of likely N-dealkylation sites (tertiary alicyclic amines) is 1. The highest BCUT2D eigenvalue weighted by molar-refractivity contribution is 9.11. The van der Waals surface area contributed by atoms with E-state index in [-0.39, 0.29) is 0 Å². The van der Waals surface area contributed by atoms with E-state index in [1.54, 1.807) is 0 Å². The van der Waals surface area contributed by atoms with E-state index in [2.05, 4.69) is 46.6 Å². The third-order valence-corrected chi connectivity index (χ3v) is 3.29. The molecular weight excluding hydrogens is 252 g/mol. The van der Waals surface area contributed by atoms with E-state index in [1.807, 2.05) is 0 Å². The standard InChI is InChI=1S/C12H23BrN2/c1-4-6-14-12-5-7-15(8-10(12)2)9-11(3)13/h10,12,14H,3-9H2,1-2H3. The lowest BCUT2D eigenvalue weighted by Crippen LogP contribution is -2.48. The van der Waals surface area contributed by atoms with Gasteiger partial charge in [-0.05, 0) is 25.3 Å². The van der Waals surface area contributed by atoms with Gasteiger partial charge in [0.25, 0.3) is 0 Å². The lowest BCUT2D eigenvalue weighted by molar-refractivity contribution is 0.160. The van der Waals surface area contributed by atoms with Crippen LogP contribution in [0.15, 0.2) is 11.1 Å². The lowest BCUT2D eigenvalue weighted by atomic mass is 9.94. The first-order chi connectivity index (χ1) is 7.13. The second-order valence-electron chi connectivity index (χ2n) is 4.58. The van der Waals surface area contributed by atoms with E-state index in [9.17, 15) is 0 Å². The first-order valence-corrected chi connectivity index (χ1v) is 6.71. The van der Waals surface area contributed by atoms with Gasteiger partial charge in [-0.1, -0.05) is 36.4 Å². The van der Waals surface area contributed by atoms with Gasteiger partial charge in [-0.25, -0.2) is 0 Å². The van der Waals surface area contributed by atoms with Gasteiger partial charge in [0.2, 0.25) is 0 Å². The van der Waals surface area contributed by atoms with Crippen LogP contribution in [-0.2, 0) is 0 Å². The first-order valence-electron chi connectivity index (χ1n) is 5.92. The largest absolute Gasteiger partial charge is 0.314 e. The van der Waals surface area contributed by atoms with Crippen molar-refractivity contribution in [3.8, 4) is 0 Å². The summed E-state index contributed by atoms with van der Waals surface area (Å²) in [4.78, 5) is 2.48. The number of piperidine rings is 1. The summed E-state index contributed by atoms with van der Waals surface area (Å²) < 4.78 is 1.09. The van der Waals surface area contributed by atoms with Gasteiger partial charge in [0.1, 0.15) is 0 Å². The summed E-state index contributed by atoms with van der Waals surface area (Å²) in [7, 11) is 0. The van der Waals surface area contributed by atoms with Gasteiger partial charge in [-0.2, -0.15) is 0 Å². The van der Waals surface area contributed by atoms with Crippen LogP contribution in [0.1, 0.15) is 26.7 Å². The molecule has 0 bridgehead atoms. The van der Waals surface area contributed by atoms with Crippen molar-refractivity contribution in [2.24, 2.45) is 5.92 Å². The zero-order chi connectivity index (χ0) is 11.3. The fraction of sp³-hybridized carbons (Fsp3) is 0.833. The molecule has 1 aliphatic rings. The minimum Gasteiger partial charge on any atom is -0.314 e. The quantitative estimate of drug-likeness (QED) is 0.829. The van der Waals surface area contributed by atoms with Crippen LogP contribution in [-0.4, -0.2) is 37.1 Å². The Bertz CT molecular complexity index is 206. The first kappa shape index (κ1) is 13.2. The van der Waals surface area contributed by atoms with Gasteiger partial charge in [0.15, 0.2) is 0 Å². The fourth-order valence-corrected chi connectivity index (χ4v) is 2.61. The van der Waals surface area contributed by atoms with E-state index < -0.39 is 0 Å². The molecule has 1 aliphatic heterocycles. The third-order valence-electron chi connectivity index (χ3n) is 3.04. The second-order valence-corrected chi connectivity index (χ2v) is 5.70. The van der Waals surface area contributed by atoms with Crippen molar-refractivity contribution in [2.45, 2.75) is 32.7 Å². The van der Waals surface area contributed by atoms with Gasteiger partial charge in [-0.15, -0.1) is 0 Å². The van der Waals surface area contributed by atoms with Gasteiger partial charge in [0, 0.05) is 30.2 Å². The molecular formula is C12H23BrN2. The number of halogens is 1. The number of rotatable bonds is 5. The second kappa shape index (κ2) is 6.66. The molecule has 1 saturated heterocycles. The van der Waals surface area contributed by atoms with E-state index in [0.29, 0.717) is 6.04 Å². The molecule has 0 aromatic heterocycles. The highest BCUT2D eigenvalue weighted by Gasteiger charge is 2.25. The van der Waals surface area contributed by atoms with Crippen LogP contribution in [0.25, 0.3) is 0 Å². The maximum absolute atomic E-state index is 3.90. The Balaban J connectivity index is 2.30. The average molecular weight is 275 g/mol.